The maximum absolute atomic E-state index is 13.8. The van der Waals surface area contributed by atoms with E-state index >= 15 is 0 Å². The molecule has 20 rings (SSSR count). The zero-order valence-corrected chi connectivity index (χ0v) is 54.4. The average molecular weight is 1310 g/mol. The van der Waals surface area contributed by atoms with Crippen LogP contribution < -0.4 is 0 Å². The van der Waals surface area contributed by atoms with Crippen LogP contribution in [-0.2, 0) is 41.0 Å². The molecule has 482 valence electrons. The van der Waals surface area contributed by atoms with Gasteiger partial charge in [-0.25, -0.2) is 0 Å². The molecule has 5 aliphatic rings. The van der Waals surface area contributed by atoms with Crippen LogP contribution in [0.1, 0.15) is 100 Å². The van der Waals surface area contributed by atoms with E-state index in [-0.39, 0.29) is 18.1 Å². The number of rotatable bonds is 9. The maximum atomic E-state index is 13.8. The average Bonchev–Trinajstić information content (AvgIpc) is 1.53. The first-order chi connectivity index (χ1) is 49.2. The molecule has 0 radical (unpaired) electrons. The van der Waals surface area contributed by atoms with Crippen molar-refractivity contribution in [3.63, 3.8) is 0 Å². The number of hydrogen-bond donors (Lipinski definition) is 8. The summed E-state index contributed by atoms with van der Waals surface area (Å²) in [7, 11) is 0. The number of benzene rings is 15. The summed E-state index contributed by atoms with van der Waals surface area (Å²) in [6.45, 7) is -0.180. The number of hydrogen-bond acceptors (Lipinski definition) is 8. The lowest BCUT2D eigenvalue weighted by molar-refractivity contribution is 0.125. The number of fused-ring (bicyclic) bond motifs is 17. The van der Waals surface area contributed by atoms with Crippen molar-refractivity contribution in [1.82, 2.24) is 0 Å². The second kappa shape index (κ2) is 21.1. The Balaban J connectivity index is 0.666. The normalized spacial score (nSPS) is 20.3. The van der Waals surface area contributed by atoms with Crippen molar-refractivity contribution >= 4 is 21.5 Å². The van der Waals surface area contributed by atoms with Gasteiger partial charge in [0.25, 0.3) is 0 Å². The summed E-state index contributed by atoms with van der Waals surface area (Å²) in [5.74, 6) is 0.343. The summed E-state index contributed by atoms with van der Waals surface area (Å²) in [6.07, 6.45) is 0.488. The fourth-order valence-corrected chi connectivity index (χ4v) is 18.2. The first-order valence-corrected chi connectivity index (χ1v) is 34.2. The lowest BCUT2D eigenvalue weighted by Gasteiger charge is -2.31. The number of aliphatic hydroxyl groups excluding tert-OH is 1. The molecule has 8 N–H and O–H groups in total. The molecule has 0 aliphatic heterocycles. The maximum Gasteiger partial charge on any atom is 0.141 e. The van der Waals surface area contributed by atoms with Crippen LogP contribution in [0.25, 0.3) is 88.3 Å². The van der Waals surface area contributed by atoms with Crippen LogP contribution in [0.15, 0.2) is 303 Å². The summed E-state index contributed by atoms with van der Waals surface area (Å²) in [4.78, 5) is 0. The Labute approximate surface area is 581 Å². The van der Waals surface area contributed by atoms with Crippen molar-refractivity contribution in [3.8, 4) is 78.3 Å². The summed E-state index contributed by atoms with van der Waals surface area (Å²) in [5, 5.41) is 103. The van der Waals surface area contributed by atoms with Crippen molar-refractivity contribution in [2.24, 2.45) is 0 Å². The molecule has 5 unspecified atom stereocenters. The molecule has 0 saturated carbocycles. The minimum absolute atomic E-state index is 0.171. The van der Waals surface area contributed by atoms with E-state index in [9.17, 15) is 40.9 Å². The van der Waals surface area contributed by atoms with Crippen LogP contribution >= 0.6 is 0 Å². The van der Waals surface area contributed by atoms with Gasteiger partial charge in [0.2, 0.25) is 0 Å². The van der Waals surface area contributed by atoms with Crippen LogP contribution in [0.3, 0.4) is 0 Å². The minimum atomic E-state index is -1.65. The Morgan fingerprint density at radius 3 is 0.851 bits per heavy atom. The molecule has 0 heterocycles. The summed E-state index contributed by atoms with van der Waals surface area (Å²) in [5.41, 5.74) is 15.4. The first-order valence-electron chi connectivity index (χ1n) is 34.2. The molecule has 0 bridgehead atoms. The van der Waals surface area contributed by atoms with Crippen molar-refractivity contribution in [2.45, 2.75) is 41.0 Å². The molecule has 8 nitrogen and oxygen atoms in total. The summed E-state index contributed by atoms with van der Waals surface area (Å²) >= 11 is 0. The Kier molecular flexibility index (Phi) is 12.4. The third kappa shape index (κ3) is 8.00. The van der Waals surface area contributed by atoms with Crippen molar-refractivity contribution in [1.29, 1.82) is 0 Å². The molecule has 15 aromatic rings. The molecule has 0 aromatic heterocycles. The number of phenolic OH excluding ortho intramolecular Hbond substituents is 2. The molecule has 5 aliphatic carbocycles. The summed E-state index contributed by atoms with van der Waals surface area (Å²) in [6, 6.07) is 98.2. The SMILES string of the molecule is OCc1ccccc1-c1cc2c(cc1Cc1ccc(C3(O)c4ccccc4-c4cc5c(cc43)-c3ccccc3C5(O)c3ccc(C4(O)c5ccccc5-c5cc6c(cc54)-c4ccccc4C6(O)c4ccc5cc(O)ccc5c4)cc3)cc1)-c1ccccc1C2(O)c1ccc2cc(O)ccc2c1. The highest BCUT2D eigenvalue weighted by Gasteiger charge is 2.52. The Morgan fingerprint density at radius 2 is 0.485 bits per heavy atom. The summed E-state index contributed by atoms with van der Waals surface area (Å²) < 4.78 is 0. The molecule has 0 saturated heterocycles. The Morgan fingerprint density at radius 1 is 0.208 bits per heavy atom. The standard InChI is InChI=1S/C93H62O8/c94-52-58-13-1-2-14-67(58)73-47-84-74(68-15-3-11-23-82(68)92(84,100)63-33-27-56-44-65(95)39-29-54(56)42-63)46-59(73)41-53-25-31-60(32-26-53)89(97)79-20-8-4-16-69(79)75-49-86-76(48-85(75)89)70-17-5-9-21-80(70)90(86,98)61-35-37-62(38-36-61)91(99)81-22-10-6-18-71(81)77-51-88-78(50-87(77)91)72-19-7-12-24-83(72)93(88,101)64-34-28-57-45-66(96)40-30-55(57)43-64/h1-40,42-51,94-101H,41,52H2. The van der Waals surface area contributed by atoms with Crippen molar-refractivity contribution in [2.75, 3.05) is 0 Å². The van der Waals surface area contributed by atoms with E-state index in [1.807, 2.05) is 224 Å². The van der Waals surface area contributed by atoms with Crippen LogP contribution in [0, 0.1) is 0 Å². The van der Waals surface area contributed by atoms with Crippen LogP contribution in [0.4, 0.5) is 0 Å². The van der Waals surface area contributed by atoms with E-state index in [1.165, 1.54) is 0 Å². The van der Waals surface area contributed by atoms with Crippen LogP contribution in [0.5, 0.6) is 11.5 Å². The van der Waals surface area contributed by atoms with Gasteiger partial charge in [-0.15, -0.1) is 0 Å². The lowest BCUT2D eigenvalue weighted by atomic mass is 9.79. The van der Waals surface area contributed by atoms with Gasteiger partial charge in [-0.05, 0) is 212 Å². The topological polar surface area (TPSA) is 162 Å². The van der Waals surface area contributed by atoms with Gasteiger partial charge in [0.1, 0.15) is 39.5 Å². The number of phenols is 2. The monoisotopic (exact) mass is 1310 g/mol. The lowest BCUT2D eigenvalue weighted by Crippen LogP contribution is -2.29. The smallest absolute Gasteiger partial charge is 0.141 e. The molecular weight excluding hydrogens is 1250 g/mol. The van der Waals surface area contributed by atoms with E-state index in [1.54, 1.807) is 24.3 Å². The second-order valence-electron chi connectivity index (χ2n) is 28.0. The van der Waals surface area contributed by atoms with E-state index in [0.29, 0.717) is 67.6 Å². The third-order valence-electron chi connectivity index (χ3n) is 23.0. The zero-order chi connectivity index (χ0) is 68.1. The van der Waals surface area contributed by atoms with Gasteiger partial charge in [-0.3, -0.25) is 0 Å². The highest BCUT2D eigenvalue weighted by Crippen LogP contribution is 2.62. The second-order valence-corrected chi connectivity index (χ2v) is 28.0. The molecular formula is C93H62O8. The van der Waals surface area contributed by atoms with Gasteiger partial charge in [0.05, 0.1) is 6.61 Å². The molecule has 15 aromatic carbocycles. The fraction of sp³-hybridized carbons (Fsp3) is 0.0753. The predicted octanol–water partition coefficient (Wildman–Crippen LogP) is 17.5. The van der Waals surface area contributed by atoms with Crippen molar-refractivity contribution < 1.29 is 40.9 Å². The molecule has 0 fully saturated rings. The van der Waals surface area contributed by atoms with Crippen molar-refractivity contribution in [3.05, 3.63) is 403 Å². The first kappa shape index (κ1) is 59.3. The molecule has 101 heavy (non-hydrogen) atoms. The third-order valence-corrected chi connectivity index (χ3v) is 23.0. The van der Waals surface area contributed by atoms with Gasteiger partial charge >= 0.3 is 0 Å². The largest absolute Gasteiger partial charge is 0.508 e. The van der Waals surface area contributed by atoms with Gasteiger partial charge in [-0.1, -0.05) is 231 Å². The van der Waals surface area contributed by atoms with Gasteiger partial charge in [0.15, 0.2) is 0 Å². The quantitative estimate of drug-likeness (QED) is 0.0709. The van der Waals surface area contributed by atoms with Gasteiger partial charge < -0.3 is 40.9 Å². The number of aliphatic hydroxyl groups is 6. The van der Waals surface area contributed by atoms with Gasteiger partial charge in [-0.2, -0.15) is 0 Å². The highest BCUT2D eigenvalue weighted by molar-refractivity contribution is 5.96. The van der Waals surface area contributed by atoms with Gasteiger partial charge in [0, 0.05) is 55.6 Å². The fourth-order valence-electron chi connectivity index (χ4n) is 18.2. The molecule has 5 atom stereocenters. The van der Waals surface area contributed by atoms with Crippen LogP contribution in [-0.4, -0.2) is 40.9 Å². The van der Waals surface area contributed by atoms with E-state index in [4.69, 9.17) is 0 Å². The van der Waals surface area contributed by atoms with E-state index in [0.717, 1.165) is 127 Å². The minimum Gasteiger partial charge on any atom is -0.508 e. The highest BCUT2D eigenvalue weighted by atomic mass is 16.3. The Bertz CT molecular complexity index is 6110. The molecule has 8 heteroatoms. The zero-order valence-electron chi connectivity index (χ0n) is 54.4. The van der Waals surface area contributed by atoms with E-state index in [2.05, 4.69) is 54.6 Å². The predicted molar refractivity (Wildman–Crippen MR) is 395 cm³/mol. The molecule has 0 spiro atoms. The van der Waals surface area contributed by atoms with Crippen LogP contribution in [0.2, 0.25) is 0 Å². The number of aromatic hydroxyl groups is 2. The Hall–Kier alpha value is -11.8. The van der Waals surface area contributed by atoms with E-state index < -0.39 is 28.0 Å². The molecule has 0 amide bonds.